The Bertz CT molecular complexity index is 122. The molecule has 0 heteroatoms. The van der Waals surface area contributed by atoms with Crippen molar-refractivity contribution in [2.45, 2.75) is 72.1 Å². The molecule has 0 aliphatic rings. The molecule has 0 nitrogen and oxygen atoms in total. The highest BCUT2D eigenvalue weighted by atomic mass is 14.0. The van der Waals surface area contributed by atoms with E-state index in [4.69, 9.17) is 0 Å². The van der Waals surface area contributed by atoms with Gasteiger partial charge in [-0.15, -0.1) is 0 Å². The van der Waals surface area contributed by atoms with Crippen LogP contribution in [0.2, 0.25) is 0 Å². The number of unbranched alkanes of at least 4 members (excludes halogenated alkanes) is 5. The minimum atomic E-state index is 0.868. The summed E-state index contributed by atoms with van der Waals surface area (Å²) in [5.74, 6) is 0.868. The van der Waals surface area contributed by atoms with Crippen LogP contribution in [0, 0.1) is 5.92 Å². The largest absolute Gasteiger partial charge is 0.0885 e. The van der Waals surface area contributed by atoms with E-state index in [-0.39, 0.29) is 0 Å². The number of hydrogen-bond acceptors (Lipinski definition) is 0. The Labute approximate surface area is 90.8 Å². The number of rotatable bonds is 9. The summed E-state index contributed by atoms with van der Waals surface area (Å²) in [4.78, 5) is 0. The van der Waals surface area contributed by atoms with Gasteiger partial charge in [0, 0.05) is 0 Å². The summed E-state index contributed by atoms with van der Waals surface area (Å²) in [6.45, 7) is 6.87. The molecule has 0 aliphatic heterocycles. The first-order valence-corrected chi connectivity index (χ1v) is 6.42. The van der Waals surface area contributed by atoms with Crippen molar-refractivity contribution in [2.75, 3.05) is 0 Å². The Balaban J connectivity index is 3.04. The van der Waals surface area contributed by atoms with Gasteiger partial charge in [-0.25, -0.2) is 0 Å². The van der Waals surface area contributed by atoms with Gasteiger partial charge in [-0.05, 0) is 31.6 Å². The fourth-order valence-corrected chi connectivity index (χ4v) is 1.57. The zero-order chi connectivity index (χ0) is 10.6. The van der Waals surface area contributed by atoms with Gasteiger partial charge in [0.25, 0.3) is 0 Å². The topological polar surface area (TPSA) is 0 Å². The van der Waals surface area contributed by atoms with E-state index < -0.39 is 0 Å². The lowest BCUT2D eigenvalue weighted by atomic mass is 10.1. The lowest BCUT2D eigenvalue weighted by molar-refractivity contribution is 0.559. The second-order valence-corrected chi connectivity index (χ2v) is 4.65. The molecule has 0 radical (unpaired) electrons. The highest BCUT2D eigenvalue weighted by Crippen LogP contribution is 2.07. The third-order valence-corrected chi connectivity index (χ3v) is 2.54. The molecule has 0 rings (SSSR count). The molecule has 0 fully saturated rings. The maximum absolute atomic E-state index is 2.37. The fraction of sp³-hybridized carbons (Fsp3) is 0.857. The molecular formula is C14H28. The maximum atomic E-state index is 2.37. The molecule has 0 saturated heterocycles. The van der Waals surface area contributed by atoms with E-state index >= 15 is 0 Å². The molecule has 0 saturated carbocycles. The van der Waals surface area contributed by atoms with Crippen LogP contribution in [-0.4, -0.2) is 0 Å². The SMILES string of the molecule is CCCCCCC=CCCCC(C)C. The van der Waals surface area contributed by atoms with Crippen molar-refractivity contribution in [1.29, 1.82) is 0 Å². The highest BCUT2D eigenvalue weighted by Gasteiger charge is 1.91. The normalized spacial score (nSPS) is 11.7. The number of hydrogen-bond donors (Lipinski definition) is 0. The second kappa shape index (κ2) is 10.8. The average molecular weight is 196 g/mol. The van der Waals surface area contributed by atoms with Crippen LogP contribution in [0.5, 0.6) is 0 Å². The van der Waals surface area contributed by atoms with Crippen LogP contribution in [0.15, 0.2) is 12.2 Å². The second-order valence-electron chi connectivity index (χ2n) is 4.65. The van der Waals surface area contributed by atoms with Crippen LogP contribution in [0.1, 0.15) is 72.1 Å². The average Bonchev–Trinajstić information content (AvgIpc) is 2.15. The van der Waals surface area contributed by atoms with Gasteiger partial charge in [-0.2, -0.15) is 0 Å². The summed E-state index contributed by atoms with van der Waals surface area (Å²) in [5.41, 5.74) is 0. The van der Waals surface area contributed by atoms with Gasteiger partial charge in [0.1, 0.15) is 0 Å². The molecule has 0 heterocycles. The van der Waals surface area contributed by atoms with Crippen molar-refractivity contribution in [3.8, 4) is 0 Å². The third kappa shape index (κ3) is 11.7. The smallest absolute Gasteiger partial charge is 0.0351 e. The third-order valence-electron chi connectivity index (χ3n) is 2.54. The Morgan fingerprint density at radius 2 is 1.50 bits per heavy atom. The maximum Gasteiger partial charge on any atom is -0.0351 e. The molecule has 14 heavy (non-hydrogen) atoms. The predicted molar refractivity (Wildman–Crippen MR) is 66.6 cm³/mol. The van der Waals surface area contributed by atoms with Gasteiger partial charge in [0.15, 0.2) is 0 Å². The first-order chi connectivity index (χ1) is 6.77. The minimum Gasteiger partial charge on any atom is -0.0885 e. The molecule has 0 bridgehead atoms. The summed E-state index contributed by atoms with van der Waals surface area (Å²) in [7, 11) is 0. The molecule has 0 aromatic carbocycles. The predicted octanol–water partition coefficient (Wildman–Crippen LogP) is 5.34. The van der Waals surface area contributed by atoms with Crippen molar-refractivity contribution in [3.05, 3.63) is 12.2 Å². The molecule has 0 spiro atoms. The molecule has 84 valence electrons. The molecular weight excluding hydrogens is 168 g/mol. The van der Waals surface area contributed by atoms with Crippen molar-refractivity contribution >= 4 is 0 Å². The lowest BCUT2D eigenvalue weighted by Crippen LogP contribution is -1.85. The van der Waals surface area contributed by atoms with Gasteiger partial charge in [-0.3, -0.25) is 0 Å². The number of allylic oxidation sites excluding steroid dienone is 2. The Kier molecular flexibility index (Phi) is 10.6. The van der Waals surface area contributed by atoms with Gasteiger partial charge in [0.2, 0.25) is 0 Å². The zero-order valence-corrected chi connectivity index (χ0v) is 10.4. The van der Waals surface area contributed by atoms with Gasteiger partial charge >= 0.3 is 0 Å². The zero-order valence-electron chi connectivity index (χ0n) is 10.4. The van der Waals surface area contributed by atoms with Crippen LogP contribution in [-0.2, 0) is 0 Å². The Morgan fingerprint density at radius 1 is 0.857 bits per heavy atom. The van der Waals surface area contributed by atoms with E-state index in [0.717, 1.165) is 5.92 Å². The minimum absolute atomic E-state index is 0.868. The quantitative estimate of drug-likeness (QED) is 0.345. The summed E-state index contributed by atoms with van der Waals surface area (Å²) in [6, 6.07) is 0. The molecule has 0 aromatic rings. The lowest BCUT2D eigenvalue weighted by Gasteiger charge is -2.00. The molecule has 0 atom stereocenters. The Morgan fingerprint density at radius 3 is 2.07 bits per heavy atom. The molecule has 0 aromatic heterocycles. The van der Waals surface area contributed by atoms with E-state index in [9.17, 15) is 0 Å². The van der Waals surface area contributed by atoms with Crippen LogP contribution in [0.25, 0.3) is 0 Å². The first-order valence-electron chi connectivity index (χ1n) is 6.42. The van der Waals surface area contributed by atoms with Crippen molar-refractivity contribution in [3.63, 3.8) is 0 Å². The van der Waals surface area contributed by atoms with Crippen molar-refractivity contribution in [1.82, 2.24) is 0 Å². The van der Waals surface area contributed by atoms with Crippen molar-refractivity contribution in [2.24, 2.45) is 5.92 Å². The summed E-state index contributed by atoms with van der Waals surface area (Å²) in [6.07, 6.45) is 15.6. The molecule has 0 amide bonds. The summed E-state index contributed by atoms with van der Waals surface area (Å²) < 4.78 is 0. The molecule has 0 N–H and O–H groups in total. The van der Waals surface area contributed by atoms with Gasteiger partial charge < -0.3 is 0 Å². The highest BCUT2D eigenvalue weighted by molar-refractivity contribution is 4.81. The summed E-state index contributed by atoms with van der Waals surface area (Å²) >= 11 is 0. The van der Waals surface area contributed by atoms with Crippen molar-refractivity contribution < 1.29 is 0 Å². The Hall–Kier alpha value is -0.260. The van der Waals surface area contributed by atoms with E-state index in [1.807, 2.05) is 0 Å². The first kappa shape index (κ1) is 13.7. The monoisotopic (exact) mass is 196 g/mol. The fourth-order valence-electron chi connectivity index (χ4n) is 1.57. The van der Waals surface area contributed by atoms with E-state index in [1.54, 1.807) is 0 Å². The van der Waals surface area contributed by atoms with E-state index in [1.165, 1.54) is 51.4 Å². The van der Waals surface area contributed by atoms with Gasteiger partial charge in [-0.1, -0.05) is 58.6 Å². The molecule has 0 unspecified atom stereocenters. The van der Waals surface area contributed by atoms with E-state index in [0.29, 0.717) is 0 Å². The molecule has 0 aliphatic carbocycles. The van der Waals surface area contributed by atoms with Gasteiger partial charge in [0.05, 0.1) is 0 Å². The summed E-state index contributed by atoms with van der Waals surface area (Å²) in [5, 5.41) is 0. The van der Waals surface area contributed by atoms with Crippen LogP contribution in [0.4, 0.5) is 0 Å². The van der Waals surface area contributed by atoms with Crippen LogP contribution < -0.4 is 0 Å². The standard InChI is InChI=1S/C14H28/c1-4-5-6-7-8-9-10-11-12-13-14(2)3/h9-10,14H,4-8,11-13H2,1-3H3. The van der Waals surface area contributed by atoms with Crippen LogP contribution in [0.3, 0.4) is 0 Å². The van der Waals surface area contributed by atoms with Crippen LogP contribution >= 0.6 is 0 Å². The van der Waals surface area contributed by atoms with E-state index in [2.05, 4.69) is 32.9 Å².